The highest BCUT2D eigenvalue weighted by molar-refractivity contribution is 7.26. The van der Waals surface area contributed by atoms with E-state index in [-0.39, 0.29) is 0 Å². The highest BCUT2D eigenvalue weighted by atomic mass is 32.1. The molecule has 0 fully saturated rings. The van der Waals surface area contributed by atoms with Crippen LogP contribution in [0.25, 0.3) is 59.1 Å². The van der Waals surface area contributed by atoms with Crippen LogP contribution in [0.15, 0.2) is 158 Å². The van der Waals surface area contributed by atoms with Crippen molar-refractivity contribution in [1.82, 2.24) is 14.5 Å². The largest absolute Gasteiger partial charge is 0.311 e. The Morgan fingerprint density at radius 1 is 0.533 bits per heavy atom. The van der Waals surface area contributed by atoms with Gasteiger partial charge in [0.2, 0.25) is 0 Å². The standard InChI is InChI=1S/C40H26N4S/c1-3-9-28(10-4-1)43(29-11-5-2-6-12-29)30-15-17-31(18-16-30)44-35-21-20-34(27-23-25-41-26-24-27)42-39(35)33-19-22-37-38(40(33)44)32-13-7-8-14-36(32)45-37/h1-26H. The molecule has 0 unspecified atom stereocenters. The van der Waals surface area contributed by atoms with Gasteiger partial charge in [-0.05, 0) is 91.0 Å². The number of hydrogen-bond acceptors (Lipinski definition) is 4. The number of anilines is 3. The lowest BCUT2D eigenvalue weighted by molar-refractivity contribution is 1.17. The summed E-state index contributed by atoms with van der Waals surface area (Å²) >= 11 is 1.84. The van der Waals surface area contributed by atoms with Crippen LogP contribution >= 0.6 is 11.3 Å². The first-order chi connectivity index (χ1) is 22.3. The van der Waals surface area contributed by atoms with Crippen molar-refractivity contribution in [3.8, 4) is 16.9 Å². The molecular formula is C40H26N4S. The zero-order valence-corrected chi connectivity index (χ0v) is 25.0. The van der Waals surface area contributed by atoms with Crippen LogP contribution < -0.4 is 4.90 Å². The molecule has 9 rings (SSSR count). The molecule has 45 heavy (non-hydrogen) atoms. The van der Waals surface area contributed by atoms with Gasteiger partial charge in [0, 0.05) is 66.3 Å². The monoisotopic (exact) mass is 594 g/mol. The number of para-hydroxylation sites is 2. The summed E-state index contributed by atoms with van der Waals surface area (Å²) < 4.78 is 4.96. The molecule has 0 aliphatic rings. The van der Waals surface area contributed by atoms with Crippen LogP contribution in [-0.4, -0.2) is 14.5 Å². The molecule has 0 spiro atoms. The summed E-state index contributed by atoms with van der Waals surface area (Å²) in [5.74, 6) is 0. The minimum Gasteiger partial charge on any atom is -0.311 e. The van der Waals surface area contributed by atoms with Crippen LogP contribution in [0.3, 0.4) is 0 Å². The van der Waals surface area contributed by atoms with Gasteiger partial charge in [0.25, 0.3) is 0 Å². The number of nitrogens with zero attached hydrogens (tertiary/aromatic N) is 4. The maximum absolute atomic E-state index is 5.26. The molecule has 5 heteroatoms. The second-order valence-electron chi connectivity index (χ2n) is 11.1. The van der Waals surface area contributed by atoms with Crippen LogP contribution in [0.5, 0.6) is 0 Å². The van der Waals surface area contributed by atoms with Gasteiger partial charge in [-0.1, -0.05) is 54.6 Å². The summed E-state index contributed by atoms with van der Waals surface area (Å²) in [5.41, 5.74) is 9.70. The zero-order valence-electron chi connectivity index (χ0n) is 24.2. The molecule has 0 saturated carbocycles. The van der Waals surface area contributed by atoms with E-state index in [4.69, 9.17) is 4.98 Å². The topological polar surface area (TPSA) is 34.0 Å². The van der Waals surface area contributed by atoms with Gasteiger partial charge in [-0.3, -0.25) is 4.98 Å². The van der Waals surface area contributed by atoms with Gasteiger partial charge in [0.15, 0.2) is 0 Å². The molecule has 0 N–H and O–H groups in total. The van der Waals surface area contributed by atoms with Crippen molar-refractivity contribution in [1.29, 1.82) is 0 Å². The van der Waals surface area contributed by atoms with E-state index in [1.54, 1.807) is 0 Å². The lowest BCUT2D eigenvalue weighted by Crippen LogP contribution is -2.09. The predicted octanol–water partition coefficient (Wildman–Crippen LogP) is 11.1. The quantitative estimate of drug-likeness (QED) is 0.199. The lowest BCUT2D eigenvalue weighted by atomic mass is 10.1. The number of thiophene rings is 1. The van der Waals surface area contributed by atoms with Crippen molar-refractivity contribution in [2.24, 2.45) is 0 Å². The Balaban J connectivity index is 1.30. The summed E-state index contributed by atoms with van der Waals surface area (Å²) in [6.45, 7) is 0. The van der Waals surface area contributed by atoms with Crippen LogP contribution in [0.4, 0.5) is 17.1 Å². The first-order valence-corrected chi connectivity index (χ1v) is 15.8. The van der Waals surface area contributed by atoms with Gasteiger partial charge in [-0.2, -0.15) is 0 Å². The van der Waals surface area contributed by atoms with E-state index in [2.05, 4.69) is 148 Å². The van der Waals surface area contributed by atoms with Gasteiger partial charge in [-0.25, -0.2) is 4.98 Å². The fourth-order valence-corrected chi connectivity index (χ4v) is 7.58. The summed E-state index contributed by atoms with van der Waals surface area (Å²) in [4.78, 5) is 11.8. The fourth-order valence-electron chi connectivity index (χ4n) is 6.48. The molecule has 0 aliphatic heterocycles. The Labute approximate surface area is 264 Å². The normalized spacial score (nSPS) is 11.6. The summed E-state index contributed by atoms with van der Waals surface area (Å²) in [7, 11) is 0. The predicted molar refractivity (Wildman–Crippen MR) is 189 cm³/mol. The van der Waals surface area contributed by atoms with Crippen LogP contribution in [-0.2, 0) is 0 Å². The van der Waals surface area contributed by atoms with Crippen molar-refractivity contribution in [2.45, 2.75) is 0 Å². The Bertz CT molecular complexity index is 2430. The number of benzene rings is 5. The van der Waals surface area contributed by atoms with Crippen LogP contribution in [0.1, 0.15) is 0 Å². The van der Waals surface area contributed by atoms with E-state index in [0.29, 0.717) is 0 Å². The summed E-state index contributed by atoms with van der Waals surface area (Å²) in [6, 6.07) is 51.6. The van der Waals surface area contributed by atoms with Gasteiger partial charge in [0.05, 0.1) is 22.2 Å². The lowest BCUT2D eigenvalue weighted by Gasteiger charge is -2.25. The first kappa shape index (κ1) is 25.7. The zero-order chi connectivity index (χ0) is 29.7. The minimum atomic E-state index is 0.941. The maximum atomic E-state index is 5.26. The summed E-state index contributed by atoms with van der Waals surface area (Å²) in [5, 5.41) is 3.70. The van der Waals surface area contributed by atoms with E-state index < -0.39 is 0 Å². The van der Waals surface area contributed by atoms with Crippen molar-refractivity contribution in [3.63, 3.8) is 0 Å². The Morgan fingerprint density at radius 2 is 1.20 bits per heavy atom. The second-order valence-corrected chi connectivity index (χ2v) is 12.2. The van der Waals surface area contributed by atoms with Gasteiger partial charge >= 0.3 is 0 Å². The third-order valence-electron chi connectivity index (χ3n) is 8.48. The van der Waals surface area contributed by atoms with Gasteiger partial charge in [-0.15, -0.1) is 11.3 Å². The molecule has 4 nitrogen and oxygen atoms in total. The third kappa shape index (κ3) is 4.20. The number of rotatable bonds is 5. The molecule has 5 aromatic carbocycles. The number of aromatic nitrogens is 3. The molecular weight excluding hydrogens is 569 g/mol. The smallest absolute Gasteiger partial charge is 0.0971 e. The van der Waals surface area contributed by atoms with Crippen molar-refractivity contribution in [3.05, 3.63) is 158 Å². The SMILES string of the molecule is c1ccc(N(c2ccccc2)c2ccc(-n3c4ccc(-c5ccncc5)nc4c4ccc5sc6ccccc6c5c43)cc2)cc1. The fraction of sp³-hybridized carbons (Fsp3) is 0. The first-order valence-electron chi connectivity index (χ1n) is 15.0. The molecule has 0 bridgehead atoms. The number of pyridine rings is 2. The van der Waals surface area contributed by atoms with E-state index >= 15 is 0 Å². The molecule has 9 aromatic rings. The van der Waals surface area contributed by atoms with Crippen LogP contribution in [0, 0.1) is 0 Å². The Hall–Kier alpha value is -5.78. The molecule has 0 radical (unpaired) electrons. The second kappa shape index (κ2) is 10.4. The maximum Gasteiger partial charge on any atom is 0.0971 e. The van der Waals surface area contributed by atoms with Crippen LogP contribution in [0.2, 0.25) is 0 Å². The van der Waals surface area contributed by atoms with E-state index in [0.717, 1.165) is 50.4 Å². The molecule has 4 heterocycles. The number of fused-ring (bicyclic) bond motifs is 7. The molecule has 0 amide bonds. The van der Waals surface area contributed by atoms with Crippen molar-refractivity contribution in [2.75, 3.05) is 4.90 Å². The van der Waals surface area contributed by atoms with Crippen molar-refractivity contribution >= 4 is 70.5 Å². The Morgan fingerprint density at radius 3 is 1.93 bits per heavy atom. The summed E-state index contributed by atoms with van der Waals surface area (Å²) in [6.07, 6.45) is 3.64. The van der Waals surface area contributed by atoms with Crippen molar-refractivity contribution < 1.29 is 0 Å². The van der Waals surface area contributed by atoms with E-state index in [9.17, 15) is 0 Å². The van der Waals surface area contributed by atoms with E-state index in [1.165, 1.54) is 25.7 Å². The highest BCUT2D eigenvalue weighted by Gasteiger charge is 2.20. The molecule has 0 atom stereocenters. The third-order valence-corrected chi connectivity index (χ3v) is 9.62. The average Bonchev–Trinajstić information content (AvgIpc) is 3.65. The molecule has 0 aliphatic carbocycles. The van der Waals surface area contributed by atoms with Gasteiger partial charge < -0.3 is 9.47 Å². The highest BCUT2D eigenvalue weighted by Crippen LogP contribution is 2.43. The number of hydrogen-bond donors (Lipinski definition) is 0. The minimum absolute atomic E-state index is 0.941. The molecule has 212 valence electrons. The molecule has 4 aromatic heterocycles. The average molecular weight is 595 g/mol. The Kier molecular flexibility index (Phi) is 5.96. The van der Waals surface area contributed by atoms with Gasteiger partial charge in [0.1, 0.15) is 0 Å². The molecule has 0 saturated heterocycles. The van der Waals surface area contributed by atoms with E-state index in [1.807, 2.05) is 35.9 Å².